The molecule has 1 aromatic carbocycles. The van der Waals surface area contributed by atoms with Crippen LogP contribution in [-0.2, 0) is 15.8 Å². The maximum absolute atomic E-state index is 12.0. The predicted octanol–water partition coefficient (Wildman–Crippen LogP) is 1.77. The Balaban J connectivity index is 1.91. The molecule has 0 saturated heterocycles. The number of nitrogens with two attached hydrogens (primary N) is 1. The van der Waals surface area contributed by atoms with E-state index >= 15 is 0 Å². The van der Waals surface area contributed by atoms with Crippen molar-refractivity contribution in [2.24, 2.45) is 5.73 Å². The highest BCUT2D eigenvalue weighted by Gasteiger charge is 2.28. The fourth-order valence-electron chi connectivity index (χ4n) is 2.53. The van der Waals surface area contributed by atoms with Crippen molar-refractivity contribution in [2.45, 2.75) is 43.4 Å². The first-order valence-corrected chi connectivity index (χ1v) is 8.45. The third-order valence-electron chi connectivity index (χ3n) is 3.69. The Bertz CT molecular complexity index is 493. The van der Waals surface area contributed by atoms with Crippen LogP contribution in [0.1, 0.15) is 37.7 Å². The summed E-state index contributed by atoms with van der Waals surface area (Å²) in [4.78, 5) is 0. The highest BCUT2D eigenvalue weighted by molar-refractivity contribution is 7.88. The standard InChI is InChI=1S/C14H22N2O2S/c15-14(9-5-2-6-10-14)12-16-19(17,18)11-13-7-3-1-4-8-13/h1,3-4,7-8,16H,2,5-6,9-12,15H2. The SMILES string of the molecule is NC1(CNS(=O)(=O)Cc2ccccc2)CCCCC1. The average Bonchev–Trinajstić information content (AvgIpc) is 2.38. The van der Waals surface area contributed by atoms with Crippen LogP contribution in [0.25, 0.3) is 0 Å². The molecule has 0 bridgehead atoms. The number of hydrogen-bond donors (Lipinski definition) is 2. The van der Waals surface area contributed by atoms with Gasteiger partial charge in [0.05, 0.1) is 5.75 Å². The van der Waals surface area contributed by atoms with Gasteiger partial charge in [0.25, 0.3) is 0 Å². The molecule has 1 fully saturated rings. The third kappa shape index (κ3) is 4.60. The minimum atomic E-state index is -3.30. The van der Waals surface area contributed by atoms with Gasteiger partial charge >= 0.3 is 0 Å². The maximum Gasteiger partial charge on any atom is 0.215 e. The molecule has 0 unspecified atom stereocenters. The lowest BCUT2D eigenvalue weighted by Crippen LogP contribution is -2.51. The molecule has 0 aromatic heterocycles. The van der Waals surface area contributed by atoms with Crippen molar-refractivity contribution in [3.8, 4) is 0 Å². The molecule has 1 aromatic rings. The summed E-state index contributed by atoms with van der Waals surface area (Å²) >= 11 is 0. The van der Waals surface area contributed by atoms with E-state index in [4.69, 9.17) is 5.73 Å². The molecule has 5 heteroatoms. The Morgan fingerprint density at radius 3 is 2.37 bits per heavy atom. The van der Waals surface area contributed by atoms with Crippen molar-refractivity contribution in [1.82, 2.24) is 4.72 Å². The summed E-state index contributed by atoms with van der Waals surface area (Å²) in [5.74, 6) is 0.0178. The van der Waals surface area contributed by atoms with E-state index in [2.05, 4.69) is 4.72 Å². The first-order chi connectivity index (χ1) is 8.99. The van der Waals surface area contributed by atoms with Gasteiger partial charge in [0.2, 0.25) is 10.0 Å². The van der Waals surface area contributed by atoms with Gasteiger partial charge in [-0.3, -0.25) is 0 Å². The van der Waals surface area contributed by atoms with Gasteiger partial charge in [-0.05, 0) is 18.4 Å². The third-order valence-corrected chi connectivity index (χ3v) is 4.99. The lowest BCUT2D eigenvalue weighted by molar-refractivity contribution is 0.296. The summed E-state index contributed by atoms with van der Waals surface area (Å²) < 4.78 is 26.7. The van der Waals surface area contributed by atoms with Crippen molar-refractivity contribution in [3.63, 3.8) is 0 Å². The monoisotopic (exact) mass is 282 g/mol. The van der Waals surface area contributed by atoms with E-state index in [1.165, 1.54) is 6.42 Å². The summed E-state index contributed by atoms with van der Waals surface area (Å²) in [5, 5.41) is 0. The van der Waals surface area contributed by atoms with E-state index in [0.717, 1.165) is 31.2 Å². The zero-order valence-electron chi connectivity index (χ0n) is 11.1. The van der Waals surface area contributed by atoms with Crippen molar-refractivity contribution >= 4 is 10.0 Å². The Hall–Kier alpha value is -0.910. The molecule has 0 aliphatic heterocycles. The van der Waals surface area contributed by atoms with Crippen molar-refractivity contribution < 1.29 is 8.42 Å². The van der Waals surface area contributed by atoms with Crippen LogP contribution in [0.2, 0.25) is 0 Å². The Labute approximate surface area is 115 Å². The zero-order chi connectivity index (χ0) is 13.8. The topological polar surface area (TPSA) is 72.2 Å². The molecular weight excluding hydrogens is 260 g/mol. The molecule has 1 aliphatic carbocycles. The van der Waals surface area contributed by atoms with Crippen LogP contribution in [0.5, 0.6) is 0 Å². The van der Waals surface area contributed by atoms with Crippen LogP contribution in [-0.4, -0.2) is 20.5 Å². The summed E-state index contributed by atoms with van der Waals surface area (Å²) in [6, 6.07) is 9.20. The number of rotatable bonds is 5. The van der Waals surface area contributed by atoms with E-state index in [1.807, 2.05) is 30.3 Å². The lowest BCUT2D eigenvalue weighted by atomic mass is 9.83. The molecule has 4 nitrogen and oxygen atoms in total. The summed E-state index contributed by atoms with van der Waals surface area (Å²) in [5.41, 5.74) is 6.67. The summed E-state index contributed by atoms with van der Waals surface area (Å²) in [6.45, 7) is 0.349. The number of hydrogen-bond acceptors (Lipinski definition) is 3. The first-order valence-electron chi connectivity index (χ1n) is 6.79. The molecule has 2 rings (SSSR count). The van der Waals surface area contributed by atoms with Gasteiger partial charge in [0.15, 0.2) is 0 Å². The molecule has 3 N–H and O–H groups in total. The Kier molecular flexibility index (Phi) is 4.60. The average molecular weight is 282 g/mol. The molecule has 1 saturated carbocycles. The molecule has 1 aliphatic rings. The fraction of sp³-hybridized carbons (Fsp3) is 0.571. The Morgan fingerprint density at radius 2 is 1.74 bits per heavy atom. The van der Waals surface area contributed by atoms with Crippen LogP contribution in [0.15, 0.2) is 30.3 Å². The van der Waals surface area contributed by atoms with Gasteiger partial charge in [-0.1, -0.05) is 49.6 Å². The maximum atomic E-state index is 12.0. The lowest BCUT2D eigenvalue weighted by Gasteiger charge is -2.33. The predicted molar refractivity (Wildman–Crippen MR) is 77.1 cm³/mol. The number of sulfonamides is 1. The number of nitrogens with one attached hydrogen (secondary N) is 1. The van der Waals surface area contributed by atoms with Gasteiger partial charge in [0, 0.05) is 12.1 Å². The van der Waals surface area contributed by atoms with E-state index in [0.29, 0.717) is 6.54 Å². The highest BCUT2D eigenvalue weighted by Crippen LogP contribution is 2.25. The molecule has 106 valence electrons. The van der Waals surface area contributed by atoms with Crippen LogP contribution in [0, 0.1) is 0 Å². The molecule has 19 heavy (non-hydrogen) atoms. The van der Waals surface area contributed by atoms with Crippen LogP contribution in [0.4, 0.5) is 0 Å². The second kappa shape index (κ2) is 6.03. The second-order valence-electron chi connectivity index (χ2n) is 5.49. The zero-order valence-corrected chi connectivity index (χ0v) is 12.0. The Morgan fingerprint density at radius 1 is 1.11 bits per heavy atom. The second-order valence-corrected chi connectivity index (χ2v) is 7.30. The largest absolute Gasteiger partial charge is 0.324 e. The minimum absolute atomic E-state index is 0.0178. The van der Waals surface area contributed by atoms with Crippen molar-refractivity contribution in [3.05, 3.63) is 35.9 Å². The van der Waals surface area contributed by atoms with Gasteiger partial charge in [-0.2, -0.15) is 0 Å². The number of benzene rings is 1. The molecule has 0 heterocycles. The highest BCUT2D eigenvalue weighted by atomic mass is 32.2. The van der Waals surface area contributed by atoms with Gasteiger partial charge in [0.1, 0.15) is 0 Å². The molecular formula is C14H22N2O2S. The van der Waals surface area contributed by atoms with Gasteiger partial charge < -0.3 is 5.73 Å². The van der Waals surface area contributed by atoms with Gasteiger partial charge in [-0.15, -0.1) is 0 Å². The van der Waals surface area contributed by atoms with Crippen molar-refractivity contribution in [1.29, 1.82) is 0 Å². The van der Waals surface area contributed by atoms with E-state index < -0.39 is 10.0 Å². The summed E-state index contributed by atoms with van der Waals surface area (Å²) in [7, 11) is -3.30. The smallest absolute Gasteiger partial charge is 0.215 e. The fourth-order valence-corrected chi connectivity index (χ4v) is 3.77. The normalized spacial score (nSPS) is 19.2. The van der Waals surface area contributed by atoms with Crippen LogP contribution < -0.4 is 10.5 Å². The quantitative estimate of drug-likeness (QED) is 0.864. The van der Waals surface area contributed by atoms with Crippen LogP contribution in [0.3, 0.4) is 0 Å². The van der Waals surface area contributed by atoms with Crippen molar-refractivity contribution in [2.75, 3.05) is 6.54 Å². The van der Waals surface area contributed by atoms with Gasteiger partial charge in [-0.25, -0.2) is 13.1 Å². The van der Waals surface area contributed by atoms with E-state index in [1.54, 1.807) is 0 Å². The van der Waals surface area contributed by atoms with E-state index in [-0.39, 0.29) is 11.3 Å². The molecule has 0 amide bonds. The molecule has 0 spiro atoms. The first kappa shape index (κ1) is 14.5. The minimum Gasteiger partial charge on any atom is -0.324 e. The summed E-state index contributed by atoms with van der Waals surface area (Å²) in [6.07, 6.45) is 5.20. The van der Waals surface area contributed by atoms with E-state index in [9.17, 15) is 8.42 Å². The molecule has 0 radical (unpaired) electrons. The van der Waals surface area contributed by atoms with Crippen LogP contribution >= 0.6 is 0 Å². The molecule has 0 atom stereocenters.